The summed E-state index contributed by atoms with van der Waals surface area (Å²) in [6.45, 7) is 1.61. The Labute approximate surface area is 156 Å². The molecule has 0 radical (unpaired) electrons. The molecule has 1 N–H and O–H groups in total. The molecule has 0 saturated carbocycles. The Morgan fingerprint density at radius 2 is 1.72 bits per heavy atom. The first-order chi connectivity index (χ1) is 11.7. The number of nitrogens with one attached hydrogen (secondary N) is 1. The molecule has 0 amide bonds. The van der Waals surface area contributed by atoms with E-state index in [-0.39, 0.29) is 20.8 Å². The van der Waals surface area contributed by atoms with Crippen molar-refractivity contribution in [1.29, 1.82) is 0 Å². The molecular weight excluding hydrogens is 395 g/mol. The Kier molecular flexibility index (Phi) is 5.78. The van der Waals surface area contributed by atoms with Crippen molar-refractivity contribution in [3.63, 3.8) is 0 Å². The molecule has 0 heterocycles. The summed E-state index contributed by atoms with van der Waals surface area (Å²) in [5, 5.41) is 26.5. The molecule has 0 atom stereocenters. The highest BCUT2D eigenvalue weighted by molar-refractivity contribution is 6.49. The minimum absolute atomic E-state index is 0.00821. The molecule has 11 heteroatoms. The maximum absolute atomic E-state index is 11.1. The number of hydrogen-bond donors (Lipinski definition) is 1. The number of benzene rings is 2. The first-order valence-corrected chi connectivity index (χ1v) is 7.72. The standard InChI is InChI=1S/C14H9Cl3N4O4/c1-7(9-3-4-10(15)14(17)13(9)16)18-19-11-5-2-8(20(22)23)6-12(11)21(24)25/h2-6,19H,1H3. The molecule has 25 heavy (non-hydrogen) atoms. The first kappa shape index (κ1) is 18.9. The van der Waals surface area contributed by atoms with Crippen LogP contribution in [-0.4, -0.2) is 15.6 Å². The summed E-state index contributed by atoms with van der Waals surface area (Å²) in [7, 11) is 0. The normalized spacial score (nSPS) is 11.3. The van der Waals surface area contributed by atoms with Crippen molar-refractivity contribution < 1.29 is 9.85 Å². The second kappa shape index (κ2) is 7.64. The smallest absolute Gasteiger partial charge is 0.271 e. The van der Waals surface area contributed by atoms with E-state index in [2.05, 4.69) is 10.5 Å². The molecule has 0 aromatic heterocycles. The minimum atomic E-state index is -0.744. The molecule has 2 rings (SSSR count). The van der Waals surface area contributed by atoms with E-state index in [4.69, 9.17) is 34.8 Å². The number of rotatable bonds is 5. The summed E-state index contributed by atoms with van der Waals surface area (Å²) >= 11 is 17.9. The quantitative estimate of drug-likeness (QED) is 0.315. The van der Waals surface area contributed by atoms with Gasteiger partial charge in [0.25, 0.3) is 5.69 Å². The van der Waals surface area contributed by atoms with Crippen molar-refractivity contribution in [3.8, 4) is 0 Å². The van der Waals surface area contributed by atoms with Crippen LogP contribution in [0.2, 0.25) is 15.1 Å². The highest BCUT2D eigenvalue weighted by Crippen LogP contribution is 2.33. The van der Waals surface area contributed by atoms with Gasteiger partial charge in [-0.2, -0.15) is 5.10 Å². The van der Waals surface area contributed by atoms with E-state index in [1.165, 1.54) is 6.07 Å². The lowest BCUT2D eigenvalue weighted by Crippen LogP contribution is -2.03. The topological polar surface area (TPSA) is 111 Å². The average molecular weight is 404 g/mol. The van der Waals surface area contributed by atoms with Gasteiger partial charge in [-0.25, -0.2) is 0 Å². The van der Waals surface area contributed by atoms with Crippen molar-refractivity contribution in [1.82, 2.24) is 0 Å². The minimum Gasteiger partial charge on any atom is -0.271 e. The number of non-ortho nitro benzene ring substituents is 1. The zero-order valence-electron chi connectivity index (χ0n) is 12.5. The Hall–Kier alpha value is -2.42. The molecule has 2 aromatic rings. The number of nitrogens with zero attached hydrogens (tertiary/aromatic N) is 3. The lowest BCUT2D eigenvalue weighted by atomic mass is 10.1. The van der Waals surface area contributed by atoms with Gasteiger partial charge in [0.2, 0.25) is 0 Å². The molecule has 2 aromatic carbocycles. The second-order valence-electron chi connectivity index (χ2n) is 4.75. The van der Waals surface area contributed by atoms with E-state index in [9.17, 15) is 20.2 Å². The molecule has 0 aliphatic carbocycles. The van der Waals surface area contributed by atoms with Crippen molar-refractivity contribution in [2.24, 2.45) is 5.10 Å². The lowest BCUT2D eigenvalue weighted by molar-refractivity contribution is -0.393. The molecule has 0 spiro atoms. The third kappa shape index (κ3) is 4.16. The number of nitro groups is 2. The van der Waals surface area contributed by atoms with Gasteiger partial charge in [-0.1, -0.05) is 40.9 Å². The summed E-state index contributed by atoms with van der Waals surface area (Å²) in [6.07, 6.45) is 0. The first-order valence-electron chi connectivity index (χ1n) is 6.59. The third-order valence-corrected chi connectivity index (χ3v) is 4.45. The summed E-state index contributed by atoms with van der Waals surface area (Å²) in [4.78, 5) is 20.4. The van der Waals surface area contributed by atoms with Gasteiger partial charge < -0.3 is 0 Å². The van der Waals surface area contributed by atoms with E-state index < -0.39 is 21.2 Å². The zero-order chi connectivity index (χ0) is 18.7. The molecular formula is C14H9Cl3N4O4. The van der Waals surface area contributed by atoms with Crippen LogP contribution in [0.5, 0.6) is 0 Å². The van der Waals surface area contributed by atoms with Crippen LogP contribution < -0.4 is 5.43 Å². The predicted molar refractivity (Wildman–Crippen MR) is 97.1 cm³/mol. The zero-order valence-corrected chi connectivity index (χ0v) is 14.8. The fourth-order valence-corrected chi connectivity index (χ4v) is 2.56. The Bertz CT molecular complexity index is 902. The number of anilines is 1. The van der Waals surface area contributed by atoms with Gasteiger partial charge in [0.15, 0.2) is 0 Å². The molecule has 0 fully saturated rings. The fraction of sp³-hybridized carbons (Fsp3) is 0.0714. The van der Waals surface area contributed by atoms with E-state index in [1.54, 1.807) is 19.1 Å². The Morgan fingerprint density at radius 3 is 2.32 bits per heavy atom. The fourth-order valence-electron chi connectivity index (χ4n) is 1.89. The summed E-state index contributed by atoms with van der Waals surface area (Å²) in [5.41, 5.74) is 2.49. The number of hydrogen-bond acceptors (Lipinski definition) is 6. The van der Waals surface area contributed by atoms with Crippen LogP contribution in [0.1, 0.15) is 12.5 Å². The molecule has 8 nitrogen and oxygen atoms in total. The van der Waals surface area contributed by atoms with E-state index >= 15 is 0 Å². The lowest BCUT2D eigenvalue weighted by Gasteiger charge is -2.08. The Morgan fingerprint density at radius 1 is 1.04 bits per heavy atom. The maximum atomic E-state index is 11.1. The van der Waals surface area contributed by atoms with Crippen LogP contribution in [0, 0.1) is 20.2 Å². The van der Waals surface area contributed by atoms with Crippen molar-refractivity contribution in [2.75, 3.05) is 5.43 Å². The van der Waals surface area contributed by atoms with Crippen molar-refractivity contribution >= 4 is 57.6 Å². The summed E-state index contributed by atoms with van der Waals surface area (Å²) in [5.74, 6) is 0. The third-order valence-electron chi connectivity index (χ3n) is 3.16. The van der Waals surface area contributed by atoms with Crippen LogP contribution in [0.3, 0.4) is 0 Å². The van der Waals surface area contributed by atoms with Gasteiger partial charge >= 0.3 is 5.69 Å². The average Bonchev–Trinajstić information content (AvgIpc) is 2.57. The Balaban J connectivity index is 2.37. The SMILES string of the molecule is CC(=NNc1ccc([N+](=O)[O-])cc1[N+](=O)[O-])c1ccc(Cl)c(Cl)c1Cl. The van der Waals surface area contributed by atoms with Gasteiger partial charge in [-0.05, 0) is 19.1 Å². The molecule has 0 bridgehead atoms. The van der Waals surface area contributed by atoms with E-state index in [0.717, 1.165) is 12.1 Å². The molecule has 0 saturated heterocycles. The van der Waals surface area contributed by atoms with Crippen LogP contribution in [0.15, 0.2) is 35.4 Å². The highest BCUT2D eigenvalue weighted by atomic mass is 35.5. The van der Waals surface area contributed by atoms with Gasteiger partial charge in [0.1, 0.15) is 5.69 Å². The van der Waals surface area contributed by atoms with Gasteiger partial charge in [0, 0.05) is 11.6 Å². The highest BCUT2D eigenvalue weighted by Gasteiger charge is 2.19. The molecule has 130 valence electrons. The summed E-state index contributed by atoms with van der Waals surface area (Å²) < 4.78 is 0. The predicted octanol–water partition coefficient (Wildman–Crippen LogP) is 5.30. The number of halogens is 3. The second-order valence-corrected chi connectivity index (χ2v) is 5.91. The maximum Gasteiger partial charge on any atom is 0.301 e. The largest absolute Gasteiger partial charge is 0.301 e. The monoisotopic (exact) mass is 402 g/mol. The van der Waals surface area contributed by atoms with E-state index in [0.29, 0.717) is 11.3 Å². The van der Waals surface area contributed by atoms with E-state index in [1.807, 2.05) is 0 Å². The number of nitro benzene ring substituents is 2. The van der Waals surface area contributed by atoms with Crippen LogP contribution in [0.25, 0.3) is 0 Å². The van der Waals surface area contributed by atoms with Crippen LogP contribution >= 0.6 is 34.8 Å². The molecule has 0 aliphatic rings. The number of hydrazone groups is 1. The summed E-state index contributed by atoms with van der Waals surface area (Å²) in [6, 6.07) is 6.31. The van der Waals surface area contributed by atoms with Gasteiger partial charge in [0.05, 0.1) is 36.7 Å². The van der Waals surface area contributed by atoms with Crippen LogP contribution in [0.4, 0.5) is 17.1 Å². The van der Waals surface area contributed by atoms with Gasteiger partial charge in [-0.3, -0.25) is 25.7 Å². The molecule has 0 aliphatic heterocycles. The van der Waals surface area contributed by atoms with Gasteiger partial charge in [-0.15, -0.1) is 0 Å². The van der Waals surface area contributed by atoms with Crippen molar-refractivity contribution in [2.45, 2.75) is 6.92 Å². The molecule has 0 unspecified atom stereocenters. The van der Waals surface area contributed by atoms with Crippen molar-refractivity contribution in [3.05, 3.63) is 71.2 Å². The van der Waals surface area contributed by atoms with Crippen LogP contribution in [-0.2, 0) is 0 Å².